The number of piperidine rings is 1. The summed E-state index contributed by atoms with van der Waals surface area (Å²) >= 11 is 3.43. The van der Waals surface area contributed by atoms with Gasteiger partial charge in [-0.25, -0.2) is 0 Å². The van der Waals surface area contributed by atoms with Crippen LogP contribution < -0.4 is 10.6 Å². The summed E-state index contributed by atoms with van der Waals surface area (Å²) in [6.07, 6.45) is 2.46. The predicted molar refractivity (Wildman–Crippen MR) is 97.6 cm³/mol. The zero-order valence-corrected chi connectivity index (χ0v) is 15.5. The van der Waals surface area contributed by atoms with Gasteiger partial charge in [0, 0.05) is 35.8 Å². The lowest BCUT2D eigenvalue weighted by molar-refractivity contribution is -0.141. The van der Waals surface area contributed by atoms with E-state index in [-0.39, 0.29) is 17.9 Å². The highest BCUT2D eigenvalue weighted by Gasteiger charge is 2.40. The van der Waals surface area contributed by atoms with Crippen molar-refractivity contribution in [2.45, 2.75) is 32.2 Å². The highest BCUT2D eigenvalue weighted by Crippen LogP contribution is 2.29. The van der Waals surface area contributed by atoms with E-state index in [0.29, 0.717) is 32.0 Å². The lowest BCUT2D eigenvalue weighted by atomic mass is 9.90. The molecule has 2 aliphatic heterocycles. The molecule has 1 aromatic carbocycles. The molecule has 0 aromatic heterocycles. The average Bonchev–Trinajstić information content (AvgIpc) is 2.96. The minimum absolute atomic E-state index is 0.0133. The summed E-state index contributed by atoms with van der Waals surface area (Å²) in [5.41, 5.74) is 6.81. The highest BCUT2D eigenvalue weighted by molar-refractivity contribution is 9.10. The third kappa shape index (κ3) is 3.49. The maximum Gasteiger partial charge on any atom is 0.239 e. The van der Waals surface area contributed by atoms with Gasteiger partial charge in [-0.1, -0.05) is 22.0 Å². The molecule has 0 radical (unpaired) electrons. The molecule has 0 spiro atoms. The van der Waals surface area contributed by atoms with Crippen LogP contribution in [-0.2, 0) is 9.59 Å². The van der Waals surface area contributed by atoms with Crippen LogP contribution in [0.5, 0.6) is 0 Å². The van der Waals surface area contributed by atoms with Gasteiger partial charge in [-0.2, -0.15) is 0 Å². The van der Waals surface area contributed by atoms with Gasteiger partial charge in [-0.05, 0) is 50.3 Å². The Balaban J connectivity index is 1.64. The number of halogens is 1. The third-order valence-electron chi connectivity index (χ3n) is 5.22. The fourth-order valence-corrected chi connectivity index (χ4v) is 4.06. The molecule has 0 saturated carbocycles. The van der Waals surface area contributed by atoms with Crippen LogP contribution in [0.1, 0.15) is 26.2 Å². The fraction of sp³-hybridized carbons (Fsp3) is 0.556. The van der Waals surface area contributed by atoms with Crippen molar-refractivity contribution in [3.05, 3.63) is 28.7 Å². The van der Waals surface area contributed by atoms with Gasteiger partial charge in [0.25, 0.3) is 0 Å². The summed E-state index contributed by atoms with van der Waals surface area (Å²) in [5, 5.41) is 0. The topological polar surface area (TPSA) is 66.6 Å². The SMILES string of the molecule is CC(N)C1CCN(C(=O)C2CCN(c3cccc(Br)c3)C2=O)CC1. The summed E-state index contributed by atoms with van der Waals surface area (Å²) in [6, 6.07) is 7.82. The van der Waals surface area contributed by atoms with Crippen molar-refractivity contribution in [1.29, 1.82) is 0 Å². The van der Waals surface area contributed by atoms with Crippen molar-refractivity contribution in [3.63, 3.8) is 0 Å². The van der Waals surface area contributed by atoms with Crippen LogP contribution in [0.2, 0.25) is 0 Å². The van der Waals surface area contributed by atoms with Crippen LogP contribution in [0.4, 0.5) is 5.69 Å². The van der Waals surface area contributed by atoms with Crippen molar-refractivity contribution >= 4 is 33.4 Å². The summed E-state index contributed by atoms with van der Waals surface area (Å²) in [5.74, 6) is -0.143. The van der Waals surface area contributed by atoms with E-state index < -0.39 is 5.92 Å². The number of nitrogens with two attached hydrogens (primary N) is 1. The van der Waals surface area contributed by atoms with Gasteiger partial charge >= 0.3 is 0 Å². The van der Waals surface area contributed by atoms with Crippen LogP contribution in [0, 0.1) is 11.8 Å². The van der Waals surface area contributed by atoms with Crippen LogP contribution in [0.25, 0.3) is 0 Å². The Hall–Kier alpha value is -1.40. The van der Waals surface area contributed by atoms with Crippen molar-refractivity contribution in [1.82, 2.24) is 4.90 Å². The summed E-state index contributed by atoms with van der Waals surface area (Å²) in [7, 11) is 0. The minimum Gasteiger partial charge on any atom is -0.342 e. The van der Waals surface area contributed by atoms with Crippen molar-refractivity contribution in [3.8, 4) is 0 Å². The number of amides is 2. The number of carbonyl (C=O) groups is 2. The Morgan fingerprint density at radius 3 is 2.58 bits per heavy atom. The average molecular weight is 394 g/mol. The van der Waals surface area contributed by atoms with Gasteiger partial charge in [0.1, 0.15) is 5.92 Å². The number of benzene rings is 1. The second-order valence-corrected chi connectivity index (χ2v) is 7.75. The molecule has 6 heteroatoms. The van der Waals surface area contributed by atoms with Gasteiger partial charge in [-0.3, -0.25) is 9.59 Å². The molecule has 3 rings (SSSR count). The first-order valence-corrected chi connectivity index (χ1v) is 9.38. The molecule has 1 aromatic rings. The fourth-order valence-electron chi connectivity index (χ4n) is 3.68. The predicted octanol–water partition coefficient (Wildman–Crippen LogP) is 2.39. The molecule has 130 valence electrons. The molecule has 2 unspecified atom stereocenters. The highest BCUT2D eigenvalue weighted by atomic mass is 79.9. The minimum atomic E-state index is -0.532. The first-order chi connectivity index (χ1) is 11.5. The second-order valence-electron chi connectivity index (χ2n) is 6.83. The molecule has 2 fully saturated rings. The standard InChI is InChI=1S/C18H24BrN3O2/c1-12(20)13-5-8-21(9-6-13)17(23)16-7-10-22(18(16)24)15-4-2-3-14(19)11-15/h2-4,11-13,16H,5-10,20H2,1H3. The number of anilines is 1. The third-order valence-corrected chi connectivity index (χ3v) is 5.71. The van der Waals surface area contributed by atoms with E-state index in [4.69, 9.17) is 5.73 Å². The Kier molecular flexibility index (Phi) is 5.25. The zero-order chi connectivity index (χ0) is 17.3. The van der Waals surface area contributed by atoms with E-state index in [0.717, 1.165) is 23.0 Å². The quantitative estimate of drug-likeness (QED) is 0.801. The van der Waals surface area contributed by atoms with E-state index in [1.807, 2.05) is 36.1 Å². The molecule has 24 heavy (non-hydrogen) atoms. The lowest BCUT2D eigenvalue weighted by Crippen LogP contribution is -2.46. The number of hydrogen-bond acceptors (Lipinski definition) is 3. The maximum atomic E-state index is 12.8. The summed E-state index contributed by atoms with van der Waals surface area (Å²) in [6.45, 7) is 4.05. The van der Waals surface area contributed by atoms with Gasteiger partial charge in [0.2, 0.25) is 11.8 Å². The van der Waals surface area contributed by atoms with Crippen molar-refractivity contribution in [2.24, 2.45) is 17.6 Å². The van der Waals surface area contributed by atoms with Gasteiger partial charge < -0.3 is 15.5 Å². The first kappa shape index (κ1) is 17.4. The molecule has 2 saturated heterocycles. The van der Waals surface area contributed by atoms with E-state index >= 15 is 0 Å². The molecular weight excluding hydrogens is 370 g/mol. The van der Waals surface area contributed by atoms with Crippen molar-refractivity contribution in [2.75, 3.05) is 24.5 Å². The normalized spacial score (nSPS) is 23.6. The van der Waals surface area contributed by atoms with Crippen LogP contribution in [0.3, 0.4) is 0 Å². The smallest absolute Gasteiger partial charge is 0.239 e. The monoisotopic (exact) mass is 393 g/mol. The lowest BCUT2D eigenvalue weighted by Gasteiger charge is -2.34. The Morgan fingerprint density at radius 1 is 1.25 bits per heavy atom. The molecule has 0 aliphatic carbocycles. The molecule has 2 aliphatic rings. The Labute approximate surface area is 151 Å². The molecule has 5 nitrogen and oxygen atoms in total. The number of hydrogen-bond donors (Lipinski definition) is 1. The van der Waals surface area contributed by atoms with Crippen LogP contribution >= 0.6 is 15.9 Å². The molecule has 0 bridgehead atoms. The van der Waals surface area contributed by atoms with E-state index in [1.165, 1.54) is 0 Å². The maximum absolute atomic E-state index is 12.8. The Bertz CT molecular complexity index is 626. The number of carbonyl (C=O) groups excluding carboxylic acids is 2. The summed E-state index contributed by atoms with van der Waals surface area (Å²) in [4.78, 5) is 29.1. The van der Waals surface area contributed by atoms with Crippen LogP contribution in [-0.4, -0.2) is 42.4 Å². The van der Waals surface area contributed by atoms with Gasteiger partial charge in [0.15, 0.2) is 0 Å². The van der Waals surface area contributed by atoms with Crippen molar-refractivity contribution < 1.29 is 9.59 Å². The first-order valence-electron chi connectivity index (χ1n) is 8.58. The largest absolute Gasteiger partial charge is 0.342 e. The molecule has 2 atom stereocenters. The number of nitrogens with zero attached hydrogens (tertiary/aromatic N) is 2. The van der Waals surface area contributed by atoms with Gasteiger partial charge in [-0.15, -0.1) is 0 Å². The zero-order valence-electron chi connectivity index (χ0n) is 14.0. The summed E-state index contributed by atoms with van der Waals surface area (Å²) < 4.78 is 0.931. The number of likely N-dealkylation sites (tertiary alicyclic amines) is 1. The van der Waals surface area contributed by atoms with E-state index in [2.05, 4.69) is 15.9 Å². The molecule has 2 heterocycles. The van der Waals surface area contributed by atoms with Crippen LogP contribution in [0.15, 0.2) is 28.7 Å². The molecule has 2 N–H and O–H groups in total. The van der Waals surface area contributed by atoms with E-state index in [1.54, 1.807) is 4.90 Å². The van der Waals surface area contributed by atoms with Gasteiger partial charge in [0.05, 0.1) is 0 Å². The Morgan fingerprint density at radius 2 is 1.96 bits per heavy atom. The molecular formula is C18H24BrN3O2. The second kappa shape index (κ2) is 7.23. The molecule has 2 amide bonds. The van der Waals surface area contributed by atoms with E-state index in [9.17, 15) is 9.59 Å². The number of rotatable bonds is 3.